The smallest absolute Gasteiger partial charge is 0.320 e. The van der Waals surface area contributed by atoms with Gasteiger partial charge in [-0.1, -0.05) is 12.8 Å². The normalized spacial score (nSPS) is 47.0. The molecule has 1 saturated carbocycles. The van der Waals surface area contributed by atoms with E-state index in [2.05, 4.69) is 9.80 Å². The molecule has 4 atom stereocenters. The van der Waals surface area contributed by atoms with E-state index in [4.69, 9.17) is 0 Å². The maximum atomic E-state index is 11.8. The number of hydrogen-bond acceptors (Lipinski definition) is 3. The van der Waals surface area contributed by atoms with Gasteiger partial charge < -0.3 is 10.0 Å². The van der Waals surface area contributed by atoms with Gasteiger partial charge in [0.2, 0.25) is 0 Å². The quantitative estimate of drug-likeness (QED) is 0.847. The van der Waals surface area contributed by atoms with Crippen molar-refractivity contribution in [3.05, 3.63) is 0 Å². The van der Waals surface area contributed by atoms with Gasteiger partial charge in [0.15, 0.2) is 0 Å². The summed E-state index contributed by atoms with van der Waals surface area (Å²) in [6.07, 6.45) is 9.79. The lowest BCUT2D eigenvalue weighted by Gasteiger charge is -2.56. The van der Waals surface area contributed by atoms with Gasteiger partial charge in [-0.15, -0.1) is 0 Å². The Morgan fingerprint density at radius 3 is 2.24 bits per heavy atom. The molecular formula is C17H28N2O2. The lowest BCUT2D eigenvalue weighted by atomic mass is 9.73. The molecule has 0 spiro atoms. The zero-order chi connectivity index (χ0) is 14.4. The summed E-state index contributed by atoms with van der Waals surface area (Å²) >= 11 is 0. The molecule has 4 saturated heterocycles. The molecule has 0 aromatic heterocycles. The second-order valence-electron chi connectivity index (χ2n) is 7.70. The van der Waals surface area contributed by atoms with Gasteiger partial charge in [0.1, 0.15) is 6.04 Å². The maximum absolute atomic E-state index is 11.8. The largest absolute Gasteiger partial charge is 0.480 e. The summed E-state index contributed by atoms with van der Waals surface area (Å²) in [5.41, 5.74) is 0. The second kappa shape index (κ2) is 5.54. The molecule has 1 aliphatic carbocycles. The number of piperidine rings is 4. The van der Waals surface area contributed by atoms with Crippen molar-refractivity contribution in [3.63, 3.8) is 0 Å². The van der Waals surface area contributed by atoms with Crippen LogP contribution < -0.4 is 0 Å². The molecule has 5 fully saturated rings. The van der Waals surface area contributed by atoms with Crippen LogP contribution in [0.4, 0.5) is 0 Å². The van der Waals surface area contributed by atoms with Crippen LogP contribution in [-0.2, 0) is 4.79 Å². The fourth-order valence-electron chi connectivity index (χ4n) is 5.67. The van der Waals surface area contributed by atoms with E-state index in [1.807, 2.05) is 0 Å². The first-order valence-corrected chi connectivity index (χ1v) is 8.96. The molecule has 4 unspecified atom stereocenters. The second-order valence-corrected chi connectivity index (χ2v) is 7.70. The Balaban J connectivity index is 1.61. The van der Waals surface area contributed by atoms with Crippen molar-refractivity contribution in [3.8, 4) is 0 Å². The van der Waals surface area contributed by atoms with Crippen LogP contribution in [0, 0.1) is 11.8 Å². The highest BCUT2D eigenvalue weighted by Crippen LogP contribution is 2.42. The van der Waals surface area contributed by atoms with Crippen molar-refractivity contribution in [1.82, 2.24) is 9.80 Å². The van der Waals surface area contributed by atoms with Crippen LogP contribution in [0.3, 0.4) is 0 Å². The van der Waals surface area contributed by atoms with Crippen LogP contribution in [0.2, 0.25) is 0 Å². The van der Waals surface area contributed by atoms with Gasteiger partial charge in [0.05, 0.1) is 0 Å². The number of likely N-dealkylation sites (tertiary alicyclic amines) is 1. The van der Waals surface area contributed by atoms with Crippen molar-refractivity contribution in [2.45, 2.75) is 69.5 Å². The average Bonchev–Trinajstić information content (AvgIpc) is 2.54. The number of fused-ring (bicyclic) bond motifs is 4. The van der Waals surface area contributed by atoms with Gasteiger partial charge in [0, 0.05) is 18.6 Å². The van der Waals surface area contributed by atoms with Gasteiger partial charge in [-0.25, -0.2) is 0 Å². The van der Waals surface area contributed by atoms with E-state index in [-0.39, 0.29) is 6.04 Å². The zero-order valence-corrected chi connectivity index (χ0v) is 12.9. The number of carboxylic acid groups (broad SMARTS) is 1. The van der Waals surface area contributed by atoms with E-state index in [0.717, 1.165) is 31.2 Å². The minimum atomic E-state index is -0.574. The number of carbonyl (C=O) groups is 1. The Morgan fingerprint density at radius 2 is 1.57 bits per heavy atom. The highest BCUT2D eigenvalue weighted by molar-refractivity contribution is 5.73. The van der Waals surface area contributed by atoms with Gasteiger partial charge in [-0.2, -0.15) is 0 Å². The van der Waals surface area contributed by atoms with Crippen LogP contribution in [-0.4, -0.2) is 58.6 Å². The third-order valence-electron chi connectivity index (χ3n) is 6.71. The standard InChI is InChI=1S/C17H28N2O2/c20-17(21)15-6-5-12-3-1-2-4-14(12)19(15)16-11-18-9-7-13(16)8-10-18/h12-16H,1-11H2,(H,20,21). The van der Waals surface area contributed by atoms with Crippen molar-refractivity contribution in [1.29, 1.82) is 0 Å². The van der Waals surface area contributed by atoms with Crippen LogP contribution in [0.15, 0.2) is 0 Å². The van der Waals surface area contributed by atoms with E-state index in [9.17, 15) is 9.90 Å². The van der Waals surface area contributed by atoms with Crippen molar-refractivity contribution in [2.75, 3.05) is 19.6 Å². The molecule has 0 aromatic carbocycles. The number of aliphatic carboxylic acids is 1. The molecule has 4 heteroatoms. The number of rotatable bonds is 2. The molecule has 2 bridgehead atoms. The predicted octanol–water partition coefficient (Wildman–Crippen LogP) is 2.19. The number of carboxylic acids is 1. The summed E-state index contributed by atoms with van der Waals surface area (Å²) < 4.78 is 0. The molecule has 4 aliphatic heterocycles. The fourth-order valence-corrected chi connectivity index (χ4v) is 5.67. The first-order valence-electron chi connectivity index (χ1n) is 8.96. The molecule has 21 heavy (non-hydrogen) atoms. The van der Waals surface area contributed by atoms with Crippen molar-refractivity contribution >= 4 is 5.97 Å². The van der Waals surface area contributed by atoms with Crippen LogP contribution in [0.5, 0.6) is 0 Å². The first-order chi connectivity index (χ1) is 10.2. The average molecular weight is 292 g/mol. The minimum absolute atomic E-state index is 0.213. The molecule has 4 heterocycles. The number of nitrogens with zero attached hydrogens (tertiary/aromatic N) is 2. The van der Waals surface area contributed by atoms with E-state index in [1.54, 1.807) is 0 Å². The molecule has 0 amide bonds. The van der Waals surface area contributed by atoms with Gasteiger partial charge in [-0.05, 0) is 63.5 Å². The maximum Gasteiger partial charge on any atom is 0.320 e. The van der Waals surface area contributed by atoms with Crippen LogP contribution >= 0.6 is 0 Å². The first kappa shape index (κ1) is 14.0. The van der Waals surface area contributed by atoms with Crippen molar-refractivity contribution in [2.24, 2.45) is 11.8 Å². The molecule has 118 valence electrons. The zero-order valence-electron chi connectivity index (χ0n) is 12.9. The molecule has 0 aromatic rings. The van der Waals surface area contributed by atoms with Crippen LogP contribution in [0.25, 0.3) is 0 Å². The van der Waals surface area contributed by atoms with Crippen LogP contribution in [0.1, 0.15) is 51.4 Å². The predicted molar refractivity (Wildman–Crippen MR) is 81.2 cm³/mol. The lowest BCUT2D eigenvalue weighted by Crippen LogP contribution is -2.66. The number of hydrogen-bond donors (Lipinski definition) is 1. The minimum Gasteiger partial charge on any atom is -0.480 e. The summed E-state index contributed by atoms with van der Waals surface area (Å²) in [5.74, 6) is 0.942. The Bertz CT molecular complexity index is 406. The van der Waals surface area contributed by atoms with Gasteiger partial charge in [0.25, 0.3) is 0 Å². The highest BCUT2D eigenvalue weighted by atomic mass is 16.4. The summed E-state index contributed by atoms with van der Waals surface area (Å²) in [7, 11) is 0. The van der Waals surface area contributed by atoms with Gasteiger partial charge in [-0.3, -0.25) is 9.69 Å². The highest BCUT2D eigenvalue weighted by Gasteiger charge is 2.48. The molecule has 4 nitrogen and oxygen atoms in total. The molecular weight excluding hydrogens is 264 g/mol. The molecule has 5 rings (SSSR count). The monoisotopic (exact) mass is 292 g/mol. The summed E-state index contributed by atoms with van der Waals surface area (Å²) in [4.78, 5) is 16.9. The third-order valence-corrected chi connectivity index (χ3v) is 6.71. The van der Waals surface area contributed by atoms with Crippen molar-refractivity contribution < 1.29 is 9.90 Å². The Morgan fingerprint density at radius 1 is 0.857 bits per heavy atom. The molecule has 1 N–H and O–H groups in total. The van der Waals surface area contributed by atoms with E-state index >= 15 is 0 Å². The lowest BCUT2D eigenvalue weighted by molar-refractivity contribution is -0.155. The summed E-state index contributed by atoms with van der Waals surface area (Å²) in [5, 5.41) is 9.74. The third kappa shape index (κ3) is 2.40. The molecule has 0 radical (unpaired) electrons. The van der Waals surface area contributed by atoms with E-state index in [0.29, 0.717) is 12.1 Å². The fraction of sp³-hybridized carbons (Fsp3) is 0.941. The topological polar surface area (TPSA) is 43.8 Å². The van der Waals surface area contributed by atoms with Gasteiger partial charge >= 0.3 is 5.97 Å². The summed E-state index contributed by atoms with van der Waals surface area (Å²) in [6.45, 7) is 3.60. The Labute approximate surface area is 127 Å². The summed E-state index contributed by atoms with van der Waals surface area (Å²) in [6, 6.07) is 0.855. The Kier molecular flexibility index (Phi) is 3.70. The van der Waals surface area contributed by atoms with E-state index in [1.165, 1.54) is 51.6 Å². The molecule has 5 aliphatic rings. The SMILES string of the molecule is O=C(O)C1CCC2CCCCC2N1C1CN2CCC1CC2. The Hall–Kier alpha value is -0.610. The van der Waals surface area contributed by atoms with E-state index < -0.39 is 5.97 Å².